The average molecular weight is 260 g/mol. The zero-order chi connectivity index (χ0) is 13.1. The second-order valence-corrected chi connectivity index (χ2v) is 4.57. The molecule has 0 saturated carbocycles. The van der Waals surface area contributed by atoms with Gasteiger partial charge < -0.3 is 10.8 Å². The fraction of sp³-hybridized carbons (Fsp3) is 0.0769. The molecule has 0 unspecified atom stereocenters. The summed E-state index contributed by atoms with van der Waals surface area (Å²) in [5.41, 5.74) is 7.09. The highest BCUT2D eigenvalue weighted by Crippen LogP contribution is 2.27. The second-order valence-electron chi connectivity index (χ2n) is 3.69. The number of nitrogens with two attached hydrogens (primary N) is 1. The highest BCUT2D eigenvalue weighted by atomic mass is 32.2. The summed E-state index contributed by atoms with van der Waals surface area (Å²) in [6.07, 6.45) is 3.47. The van der Waals surface area contributed by atoms with Gasteiger partial charge in [0.15, 0.2) is 0 Å². The Morgan fingerprint density at radius 3 is 2.83 bits per heavy atom. The number of carboxylic acid groups (broad SMARTS) is 1. The second kappa shape index (κ2) is 5.10. The van der Waals surface area contributed by atoms with Crippen LogP contribution in [0.25, 0.3) is 11.1 Å². The maximum Gasteiger partial charge on any atom is 0.336 e. The van der Waals surface area contributed by atoms with Crippen LogP contribution in [-0.4, -0.2) is 22.3 Å². The first kappa shape index (κ1) is 12.4. The van der Waals surface area contributed by atoms with Gasteiger partial charge in [-0.25, -0.2) is 9.78 Å². The third-order valence-electron chi connectivity index (χ3n) is 2.54. The first-order chi connectivity index (χ1) is 8.61. The number of benzene rings is 1. The van der Waals surface area contributed by atoms with Gasteiger partial charge in [-0.3, -0.25) is 0 Å². The number of carbonyl (C=O) groups is 1. The van der Waals surface area contributed by atoms with E-state index < -0.39 is 5.97 Å². The highest BCUT2D eigenvalue weighted by molar-refractivity contribution is 7.98. The van der Waals surface area contributed by atoms with E-state index in [1.165, 1.54) is 12.3 Å². The van der Waals surface area contributed by atoms with Crippen molar-refractivity contribution >= 4 is 23.5 Å². The molecule has 0 saturated heterocycles. The van der Waals surface area contributed by atoms with Gasteiger partial charge in [-0.2, -0.15) is 0 Å². The Labute approximate surface area is 109 Å². The fourth-order valence-electron chi connectivity index (χ4n) is 1.67. The minimum absolute atomic E-state index is 0.167. The van der Waals surface area contributed by atoms with Crippen molar-refractivity contribution in [2.75, 3.05) is 12.0 Å². The van der Waals surface area contributed by atoms with Gasteiger partial charge in [0.1, 0.15) is 5.82 Å². The number of anilines is 1. The van der Waals surface area contributed by atoms with Crippen molar-refractivity contribution in [2.45, 2.75) is 4.90 Å². The predicted molar refractivity (Wildman–Crippen MR) is 72.8 cm³/mol. The molecule has 3 N–H and O–H groups in total. The third-order valence-corrected chi connectivity index (χ3v) is 3.26. The molecule has 0 bridgehead atoms. The van der Waals surface area contributed by atoms with Crippen LogP contribution in [0.5, 0.6) is 0 Å². The van der Waals surface area contributed by atoms with Gasteiger partial charge in [-0.1, -0.05) is 12.1 Å². The maximum absolute atomic E-state index is 11.2. The summed E-state index contributed by atoms with van der Waals surface area (Å²) in [7, 11) is 0. The normalized spacial score (nSPS) is 10.3. The quantitative estimate of drug-likeness (QED) is 0.830. The van der Waals surface area contributed by atoms with Crippen LogP contribution in [0.1, 0.15) is 10.4 Å². The van der Waals surface area contributed by atoms with E-state index in [-0.39, 0.29) is 11.4 Å². The van der Waals surface area contributed by atoms with Crippen molar-refractivity contribution in [3.63, 3.8) is 0 Å². The summed E-state index contributed by atoms with van der Waals surface area (Å²) >= 11 is 1.60. The molecule has 1 heterocycles. The zero-order valence-electron chi connectivity index (χ0n) is 9.75. The van der Waals surface area contributed by atoms with Crippen molar-refractivity contribution in [1.82, 2.24) is 4.98 Å². The largest absolute Gasteiger partial charge is 0.478 e. The van der Waals surface area contributed by atoms with Crippen LogP contribution >= 0.6 is 11.8 Å². The van der Waals surface area contributed by atoms with Crippen LogP contribution < -0.4 is 5.73 Å². The minimum atomic E-state index is -1.01. The summed E-state index contributed by atoms with van der Waals surface area (Å²) < 4.78 is 0. The van der Waals surface area contributed by atoms with Crippen LogP contribution in [0.15, 0.2) is 41.4 Å². The molecule has 1 aromatic carbocycles. The summed E-state index contributed by atoms with van der Waals surface area (Å²) in [5, 5.41) is 9.19. The van der Waals surface area contributed by atoms with E-state index in [1.54, 1.807) is 11.8 Å². The van der Waals surface area contributed by atoms with Gasteiger partial charge in [-0.05, 0) is 30.0 Å². The Hall–Kier alpha value is -2.01. The summed E-state index contributed by atoms with van der Waals surface area (Å²) in [6, 6.07) is 9.04. The van der Waals surface area contributed by atoms with Crippen molar-refractivity contribution in [2.24, 2.45) is 0 Å². The molecule has 92 valence electrons. The van der Waals surface area contributed by atoms with Gasteiger partial charge in [0.25, 0.3) is 0 Å². The first-order valence-electron chi connectivity index (χ1n) is 5.25. The SMILES string of the molecule is CSc1cccc(-c2cnc(N)cc2C(=O)O)c1. The number of nitrogen functional groups attached to an aromatic ring is 1. The maximum atomic E-state index is 11.2. The molecule has 5 heteroatoms. The van der Waals surface area contributed by atoms with Gasteiger partial charge >= 0.3 is 5.97 Å². The number of hydrogen-bond donors (Lipinski definition) is 2. The smallest absolute Gasteiger partial charge is 0.336 e. The predicted octanol–water partition coefficient (Wildman–Crippen LogP) is 2.75. The van der Waals surface area contributed by atoms with E-state index in [9.17, 15) is 9.90 Å². The third kappa shape index (κ3) is 2.46. The molecule has 0 fully saturated rings. The molecule has 0 spiro atoms. The van der Waals surface area contributed by atoms with E-state index in [4.69, 9.17) is 5.73 Å². The molecular weight excluding hydrogens is 248 g/mol. The average Bonchev–Trinajstić information content (AvgIpc) is 2.38. The summed E-state index contributed by atoms with van der Waals surface area (Å²) in [4.78, 5) is 16.2. The summed E-state index contributed by atoms with van der Waals surface area (Å²) in [5.74, 6) is -0.800. The van der Waals surface area contributed by atoms with Gasteiger partial charge in [0.2, 0.25) is 0 Å². The Morgan fingerprint density at radius 2 is 2.17 bits per heavy atom. The minimum Gasteiger partial charge on any atom is -0.478 e. The van der Waals surface area contributed by atoms with Gasteiger partial charge in [0.05, 0.1) is 5.56 Å². The van der Waals surface area contributed by atoms with Crippen LogP contribution in [0.4, 0.5) is 5.82 Å². The van der Waals surface area contributed by atoms with E-state index in [0.717, 1.165) is 10.5 Å². The Bertz CT molecular complexity index is 599. The van der Waals surface area contributed by atoms with Crippen LogP contribution in [0.3, 0.4) is 0 Å². The zero-order valence-corrected chi connectivity index (χ0v) is 10.6. The van der Waals surface area contributed by atoms with E-state index in [1.807, 2.05) is 30.5 Å². The molecule has 2 rings (SSSR count). The molecule has 18 heavy (non-hydrogen) atoms. The number of aromatic nitrogens is 1. The number of hydrogen-bond acceptors (Lipinski definition) is 4. The molecule has 0 atom stereocenters. The highest BCUT2D eigenvalue weighted by Gasteiger charge is 2.13. The molecule has 4 nitrogen and oxygen atoms in total. The lowest BCUT2D eigenvalue weighted by Gasteiger charge is -2.07. The van der Waals surface area contributed by atoms with E-state index >= 15 is 0 Å². The number of aromatic carboxylic acids is 1. The molecule has 1 aromatic heterocycles. The molecule has 0 amide bonds. The lowest BCUT2D eigenvalue weighted by molar-refractivity contribution is 0.0697. The van der Waals surface area contributed by atoms with Crippen LogP contribution in [0.2, 0.25) is 0 Å². The standard InChI is InChI=1S/C13H12N2O2S/c1-18-9-4-2-3-8(5-9)11-7-15-12(14)6-10(11)13(16)17/h2-7H,1H3,(H2,14,15)(H,16,17). The monoisotopic (exact) mass is 260 g/mol. The number of thioether (sulfide) groups is 1. The topological polar surface area (TPSA) is 76.2 Å². The number of rotatable bonds is 3. The number of carboxylic acids is 1. The van der Waals surface area contributed by atoms with E-state index in [2.05, 4.69) is 4.98 Å². The van der Waals surface area contributed by atoms with Gasteiger partial charge in [-0.15, -0.1) is 11.8 Å². The van der Waals surface area contributed by atoms with Crippen molar-refractivity contribution in [3.8, 4) is 11.1 Å². The van der Waals surface area contributed by atoms with E-state index in [0.29, 0.717) is 5.56 Å². The Kier molecular flexibility index (Phi) is 3.53. The van der Waals surface area contributed by atoms with Crippen LogP contribution in [-0.2, 0) is 0 Å². The molecule has 2 aromatic rings. The number of nitrogens with zero attached hydrogens (tertiary/aromatic N) is 1. The summed E-state index contributed by atoms with van der Waals surface area (Å²) in [6.45, 7) is 0. The van der Waals surface area contributed by atoms with Crippen molar-refractivity contribution in [1.29, 1.82) is 0 Å². The molecule has 0 radical (unpaired) electrons. The van der Waals surface area contributed by atoms with Gasteiger partial charge in [0, 0.05) is 16.7 Å². The number of pyridine rings is 1. The molecule has 0 aliphatic carbocycles. The van der Waals surface area contributed by atoms with Crippen LogP contribution in [0, 0.1) is 0 Å². The Balaban J connectivity index is 2.59. The molecular formula is C13H12N2O2S. The lowest BCUT2D eigenvalue weighted by Crippen LogP contribution is -2.02. The first-order valence-corrected chi connectivity index (χ1v) is 6.47. The van der Waals surface area contributed by atoms with Crippen molar-refractivity contribution in [3.05, 3.63) is 42.1 Å². The molecule has 0 aliphatic rings. The molecule has 0 aliphatic heterocycles. The Morgan fingerprint density at radius 1 is 1.39 bits per heavy atom. The lowest BCUT2D eigenvalue weighted by atomic mass is 10.0. The van der Waals surface area contributed by atoms with Crippen molar-refractivity contribution < 1.29 is 9.90 Å². The fourth-order valence-corrected chi connectivity index (χ4v) is 2.13.